The summed E-state index contributed by atoms with van der Waals surface area (Å²) in [7, 11) is 3.83. The van der Waals surface area contributed by atoms with Gasteiger partial charge in [-0.2, -0.15) is 0 Å². The van der Waals surface area contributed by atoms with E-state index in [1.165, 1.54) is 25.7 Å². The molecule has 0 aromatic carbocycles. The summed E-state index contributed by atoms with van der Waals surface area (Å²) in [6.07, 6.45) is 6.68. The molecule has 20 heavy (non-hydrogen) atoms. The number of aromatic nitrogens is 2. The largest absolute Gasteiger partial charge is 0.370 e. The number of hydrogen-bond donors (Lipinski definition) is 2. The summed E-state index contributed by atoms with van der Waals surface area (Å²) in [4.78, 5) is 14.8. The molecule has 3 N–H and O–H groups in total. The first-order chi connectivity index (χ1) is 9.15. The summed E-state index contributed by atoms with van der Waals surface area (Å²) in [5, 5.41) is 3.26. The Morgan fingerprint density at radius 1 is 1.45 bits per heavy atom. The highest BCUT2D eigenvalue weighted by molar-refractivity contribution is 14.0. The number of halogens is 1. The predicted molar refractivity (Wildman–Crippen MR) is 92.5 cm³/mol. The quantitative estimate of drug-likeness (QED) is 0.463. The van der Waals surface area contributed by atoms with Crippen molar-refractivity contribution in [2.24, 2.45) is 10.7 Å². The lowest BCUT2D eigenvalue weighted by Crippen LogP contribution is -2.38. The minimum absolute atomic E-state index is 0. The van der Waals surface area contributed by atoms with E-state index in [1.807, 2.05) is 25.1 Å². The van der Waals surface area contributed by atoms with Gasteiger partial charge in [-0.05, 0) is 18.9 Å². The monoisotopic (exact) mass is 390 g/mol. The third-order valence-electron chi connectivity index (χ3n) is 3.22. The first kappa shape index (κ1) is 16.9. The van der Waals surface area contributed by atoms with Crippen LogP contribution in [0.5, 0.6) is 0 Å². The van der Waals surface area contributed by atoms with Crippen molar-refractivity contribution in [2.75, 3.05) is 19.0 Å². The van der Waals surface area contributed by atoms with Gasteiger partial charge in [-0.25, -0.2) is 15.0 Å². The van der Waals surface area contributed by atoms with Gasteiger partial charge in [-0.15, -0.1) is 24.0 Å². The third-order valence-corrected chi connectivity index (χ3v) is 3.22. The van der Waals surface area contributed by atoms with Crippen LogP contribution in [0.15, 0.2) is 17.3 Å². The average molecular weight is 390 g/mol. The number of aliphatic imine (C=N–C) groups is 1. The molecule has 1 saturated carbocycles. The molecule has 1 aromatic heterocycles. The van der Waals surface area contributed by atoms with Crippen LogP contribution in [0.3, 0.4) is 0 Å². The zero-order valence-corrected chi connectivity index (χ0v) is 14.4. The highest BCUT2D eigenvalue weighted by Crippen LogP contribution is 2.17. The van der Waals surface area contributed by atoms with Crippen LogP contribution in [-0.4, -0.2) is 36.1 Å². The van der Waals surface area contributed by atoms with Crippen LogP contribution in [0.1, 0.15) is 31.4 Å². The van der Waals surface area contributed by atoms with Crippen LogP contribution in [-0.2, 0) is 6.54 Å². The van der Waals surface area contributed by atoms with E-state index in [2.05, 4.69) is 20.3 Å². The molecule has 1 aromatic rings. The molecule has 1 aliphatic rings. The highest BCUT2D eigenvalue weighted by Gasteiger charge is 2.14. The average Bonchev–Trinajstić information content (AvgIpc) is 2.89. The molecule has 0 bridgehead atoms. The molecule has 0 amide bonds. The van der Waals surface area contributed by atoms with E-state index in [4.69, 9.17) is 5.73 Å². The van der Waals surface area contributed by atoms with Crippen LogP contribution >= 0.6 is 24.0 Å². The van der Waals surface area contributed by atoms with Gasteiger partial charge in [-0.1, -0.05) is 12.8 Å². The fourth-order valence-corrected chi connectivity index (χ4v) is 2.18. The minimum atomic E-state index is 0. The molecule has 0 spiro atoms. The van der Waals surface area contributed by atoms with E-state index in [9.17, 15) is 0 Å². The lowest BCUT2D eigenvalue weighted by atomic mass is 10.2. The number of hydrogen-bond acceptors (Lipinski definition) is 4. The van der Waals surface area contributed by atoms with E-state index in [1.54, 1.807) is 6.20 Å². The Balaban J connectivity index is 0.00000200. The van der Waals surface area contributed by atoms with Crippen molar-refractivity contribution in [1.82, 2.24) is 15.3 Å². The SMILES string of the molecule is CN(C)c1nccc(CN=C(N)NC2CCCC2)n1.I. The van der Waals surface area contributed by atoms with Gasteiger partial charge in [0.15, 0.2) is 5.96 Å². The Kier molecular flexibility index (Phi) is 6.97. The van der Waals surface area contributed by atoms with Crippen LogP contribution in [0, 0.1) is 0 Å². The molecule has 1 aliphatic carbocycles. The number of rotatable bonds is 4. The smallest absolute Gasteiger partial charge is 0.225 e. The molecule has 0 aliphatic heterocycles. The minimum Gasteiger partial charge on any atom is -0.370 e. The van der Waals surface area contributed by atoms with Crippen molar-refractivity contribution in [3.63, 3.8) is 0 Å². The summed E-state index contributed by atoms with van der Waals surface area (Å²) < 4.78 is 0. The Morgan fingerprint density at radius 2 is 2.15 bits per heavy atom. The van der Waals surface area contributed by atoms with Gasteiger partial charge < -0.3 is 16.0 Å². The predicted octanol–water partition coefficient (Wildman–Crippen LogP) is 1.51. The Morgan fingerprint density at radius 3 is 2.80 bits per heavy atom. The van der Waals surface area contributed by atoms with Gasteiger partial charge in [0.2, 0.25) is 5.95 Å². The maximum absolute atomic E-state index is 5.88. The van der Waals surface area contributed by atoms with Gasteiger partial charge >= 0.3 is 0 Å². The van der Waals surface area contributed by atoms with Gasteiger partial charge in [0.1, 0.15) is 0 Å². The molecule has 0 radical (unpaired) electrons. The fourth-order valence-electron chi connectivity index (χ4n) is 2.18. The van der Waals surface area contributed by atoms with E-state index in [0.29, 0.717) is 24.5 Å². The highest BCUT2D eigenvalue weighted by atomic mass is 127. The maximum Gasteiger partial charge on any atom is 0.225 e. The molecule has 112 valence electrons. The lowest BCUT2D eigenvalue weighted by Gasteiger charge is -2.12. The standard InChI is InChI=1S/C13H22N6.HI/c1-19(2)13-15-8-7-11(18-13)9-16-12(14)17-10-5-3-4-6-10;/h7-8,10H,3-6,9H2,1-2H3,(H3,14,16,17);1H. The molecule has 6 nitrogen and oxygen atoms in total. The van der Waals surface area contributed by atoms with Crippen molar-refractivity contribution in [3.05, 3.63) is 18.0 Å². The second-order valence-corrected chi connectivity index (χ2v) is 5.07. The molecule has 0 atom stereocenters. The van der Waals surface area contributed by atoms with E-state index < -0.39 is 0 Å². The number of nitrogens with zero attached hydrogens (tertiary/aromatic N) is 4. The van der Waals surface area contributed by atoms with Crippen LogP contribution in [0.2, 0.25) is 0 Å². The topological polar surface area (TPSA) is 79.4 Å². The summed E-state index contributed by atoms with van der Waals surface area (Å²) in [5.74, 6) is 1.20. The Bertz CT molecular complexity index is 442. The summed E-state index contributed by atoms with van der Waals surface area (Å²) >= 11 is 0. The molecule has 2 rings (SSSR count). The second-order valence-electron chi connectivity index (χ2n) is 5.07. The van der Waals surface area contributed by atoms with E-state index in [-0.39, 0.29) is 24.0 Å². The van der Waals surface area contributed by atoms with Crippen molar-refractivity contribution >= 4 is 35.9 Å². The van der Waals surface area contributed by atoms with Crippen LogP contribution in [0.25, 0.3) is 0 Å². The molecular formula is C13H23IN6. The van der Waals surface area contributed by atoms with Gasteiger partial charge in [-0.3, -0.25) is 0 Å². The summed E-state index contributed by atoms with van der Waals surface area (Å²) in [6.45, 7) is 0.481. The Labute approximate surface area is 137 Å². The van der Waals surface area contributed by atoms with Gasteiger partial charge in [0.05, 0.1) is 12.2 Å². The van der Waals surface area contributed by atoms with Gasteiger partial charge in [0, 0.05) is 26.3 Å². The molecule has 0 unspecified atom stereocenters. The first-order valence-electron chi connectivity index (χ1n) is 6.71. The normalized spacial score (nSPS) is 15.8. The molecule has 1 heterocycles. The Hall–Kier alpha value is -1.12. The third kappa shape index (κ3) is 5.10. The fraction of sp³-hybridized carbons (Fsp3) is 0.615. The summed E-state index contributed by atoms with van der Waals surface area (Å²) in [6, 6.07) is 2.35. The zero-order chi connectivity index (χ0) is 13.7. The molecule has 7 heteroatoms. The molecule has 1 fully saturated rings. The number of nitrogens with one attached hydrogen (secondary N) is 1. The van der Waals surface area contributed by atoms with Crippen molar-refractivity contribution in [1.29, 1.82) is 0 Å². The van der Waals surface area contributed by atoms with E-state index in [0.717, 1.165) is 5.69 Å². The number of anilines is 1. The summed E-state index contributed by atoms with van der Waals surface area (Å²) in [5.41, 5.74) is 6.75. The van der Waals surface area contributed by atoms with Crippen LogP contribution < -0.4 is 16.0 Å². The number of nitrogens with two attached hydrogens (primary N) is 1. The zero-order valence-electron chi connectivity index (χ0n) is 12.0. The van der Waals surface area contributed by atoms with Crippen LogP contribution in [0.4, 0.5) is 5.95 Å². The maximum atomic E-state index is 5.88. The van der Waals surface area contributed by atoms with E-state index >= 15 is 0 Å². The van der Waals surface area contributed by atoms with Gasteiger partial charge in [0.25, 0.3) is 0 Å². The lowest BCUT2D eigenvalue weighted by molar-refractivity contribution is 0.625. The first-order valence-corrected chi connectivity index (χ1v) is 6.71. The number of guanidine groups is 1. The molecule has 0 saturated heterocycles. The van der Waals surface area contributed by atoms with Crippen molar-refractivity contribution in [3.8, 4) is 0 Å². The van der Waals surface area contributed by atoms with Crippen molar-refractivity contribution < 1.29 is 0 Å². The molecular weight excluding hydrogens is 367 g/mol. The second kappa shape index (κ2) is 8.23. The van der Waals surface area contributed by atoms with Crippen molar-refractivity contribution in [2.45, 2.75) is 38.3 Å².